The monoisotopic (exact) mass is 478 g/mol. The summed E-state index contributed by atoms with van der Waals surface area (Å²) in [6.45, 7) is 1.20. The molecule has 1 N–H and O–H groups in total. The van der Waals surface area contributed by atoms with Crippen LogP contribution in [0.1, 0.15) is 6.42 Å². The number of hydrogen-bond acceptors (Lipinski definition) is 7. The number of pyridine rings is 2. The van der Waals surface area contributed by atoms with E-state index in [0.717, 1.165) is 28.2 Å². The second-order valence-electron chi connectivity index (χ2n) is 8.20. The van der Waals surface area contributed by atoms with Crippen molar-refractivity contribution in [2.45, 2.75) is 18.8 Å². The van der Waals surface area contributed by atoms with Crippen molar-refractivity contribution >= 4 is 22.6 Å². The molecule has 1 saturated heterocycles. The molecule has 1 aromatic carbocycles. The van der Waals surface area contributed by atoms with E-state index < -0.39 is 12.3 Å². The zero-order valence-corrected chi connectivity index (χ0v) is 19.5. The van der Waals surface area contributed by atoms with Gasteiger partial charge in [0.05, 0.1) is 30.7 Å². The molecule has 10 nitrogen and oxygen atoms in total. The lowest BCUT2D eigenvalue weighted by atomic mass is 10.1. The van der Waals surface area contributed by atoms with Crippen LogP contribution < -0.4 is 9.47 Å². The first kappa shape index (κ1) is 22.9. The maximum Gasteiger partial charge on any atom is 0.409 e. The van der Waals surface area contributed by atoms with Crippen LogP contribution in [0.25, 0.3) is 27.9 Å². The highest BCUT2D eigenvalue weighted by Crippen LogP contribution is 2.31. The number of carboxylic acid groups (broad SMARTS) is 1. The van der Waals surface area contributed by atoms with Crippen LogP contribution in [0.2, 0.25) is 0 Å². The van der Waals surface area contributed by atoms with Gasteiger partial charge < -0.3 is 24.1 Å². The third kappa shape index (κ3) is 4.58. The van der Waals surface area contributed by atoms with Gasteiger partial charge in [-0.15, -0.1) is 0 Å². The van der Waals surface area contributed by atoms with Gasteiger partial charge in [-0.25, -0.2) is 14.8 Å². The molecule has 2 atom stereocenters. The number of ether oxygens (including phenoxy) is 4. The van der Waals surface area contributed by atoms with Crippen molar-refractivity contribution in [2.75, 3.05) is 34.0 Å². The minimum Gasteiger partial charge on any atom is -0.491 e. The number of aromatic nitrogens is 3. The fourth-order valence-electron chi connectivity index (χ4n) is 4.30. The van der Waals surface area contributed by atoms with E-state index in [1.54, 1.807) is 13.3 Å². The number of benzene rings is 1. The molecule has 2 unspecified atom stereocenters. The molecular weight excluding hydrogens is 452 g/mol. The Morgan fingerprint density at radius 3 is 2.83 bits per heavy atom. The molecule has 1 fully saturated rings. The van der Waals surface area contributed by atoms with Crippen molar-refractivity contribution in [3.63, 3.8) is 0 Å². The molecule has 182 valence electrons. The third-order valence-electron chi connectivity index (χ3n) is 6.01. The lowest BCUT2D eigenvalue weighted by molar-refractivity contribution is 0.00370. The lowest BCUT2D eigenvalue weighted by Crippen LogP contribution is -2.36. The number of likely N-dealkylation sites (tertiary alicyclic amines) is 1. The van der Waals surface area contributed by atoms with Crippen LogP contribution in [0.15, 0.2) is 54.9 Å². The normalized spacial score (nSPS) is 17.8. The number of carbonyl (C=O) groups is 1. The molecule has 1 aliphatic rings. The molecule has 1 aliphatic heterocycles. The van der Waals surface area contributed by atoms with Crippen molar-refractivity contribution in [1.29, 1.82) is 0 Å². The molecule has 35 heavy (non-hydrogen) atoms. The Bertz CT molecular complexity index is 1360. The maximum absolute atomic E-state index is 11.5. The molecule has 0 spiro atoms. The largest absolute Gasteiger partial charge is 0.491 e. The summed E-state index contributed by atoms with van der Waals surface area (Å²) in [6, 6.07) is 13.4. The average Bonchev–Trinajstić information content (AvgIpc) is 3.48. The van der Waals surface area contributed by atoms with E-state index in [4.69, 9.17) is 23.9 Å². The van der Waals surface area contributed by atoms with Crippen LogP contribution in [0.4, 0.5) is 4.79 Å². The van der Waals surface area contributed by atoms with Gasteiger partial charge in [-0.2, -0.15) is 0 Å². The molecule has 0 aliphatic carbocycles. The third-order valence-corrected chi connectivity index (χ3v) is 6.01. The Balaban J connectivity index is 1.43. The van der Waals surface area contributed by atoms with Gasteiger partial charge in [0, 0.05) is 38.3 Å². The van der Waals surface area contributed by atoms with Crippen LogP contribution in [-0.2, 0) is 9.47 Å². The number of fused-ring (bicyclic) bond motifs is 2. The van der Waals surface area contributed by atoms with Crippen LogP contribution in [0.3, 0.4) is 0 Å². The van der Waals surface area contributed by atoms with Gasteiger partial charge in [0.25, 0.3) is 0 Å². The first-order valence-electron chi connectivity index (χ1n) is 11.3. The molecule has 5 rings (SSSR count). The number of hydrogen-bond donors (Lipinski definition) is 1. The molecule has 10 heteroatoms. The standard InChI is InChI=1S/C25H26N4O6/c1-32-10-11-34-17-8-9-28-20(14-26-22(28)12-17)19-7-6-16-4-3-5-21(24(16)27-19)35-18-13-23(33-2)29(15-18)25(30)31/h3-9,12,14,18,23H,10-11,13,15H2,1-2H3,(H,30,31). The summed E-state index contributed by atoms with van der Waals surface area (Å²) < 4.78 is 24.2. The number of nitrogens with zero attached hydrogens (tertiary/aromatic N) is 4. The van der Waals surface area contributed by atoms with Crippen LogP contribution >= 0.6 is 0 Å². The average molecular weight is 479 g/mol. The minimum atomic E-state index is -1.03. The molecule has 0 bridgehead atoms. The van der Waals surface area contributed by atoms with Crippen LogP contribution in [0, 0.1) is 0 Å². The van der Waals surface area contributed by atoms with Crippen molar-refractivity contribution < 1.29 is 28.8 Å². The Kier molecular flexibility index (Phi) is 6.39. The predicted octanol–water partition coefficient (Wildman–Crippen LogP) is 3.68. The van der Waals surface area contributed by atoms with Crippen molar-refractivity contribution in [1.82, 2.24) is 19.3 Å². The Labute approximate surface area is 201 Å². The molecular formula is C25H26N4O6. The number of methoxy groups -OCH3 is 2. The molecule has 0 saturated carbocycles. The number of para-hydroxylation sites is 1. The van der Waals surface area contributed by atoms with Gasteiger partial charge in [0.15, 0.2) is 0 Å². The van der Waals surface area contributed by atoms with Gasteiger partial charge in [-0.3, -0.25) is 9.30 Å². The zero-order valence-electron chi connectivity index (χ0n) is 19.5. The zero-order chi connectivity index (χ0) is 24.4. The molecule has 0 radical (unpaired) electrons. The summed E-state index contributed by atoms with van der Waals surface area (Å²) in [5.41, 5.74) is 3.01. The molecule has 3 aromatic heterocycles. The fourth-order valence-corrected chi connectivity index (χ4v) is 4.30. The summed E-state index contributed by atoms with van der Waals surface area (Å²) in [5, 5.41) is 10.3. The van der Waals surface area contributed by atoms with Gasteiger partial charge in [0.1, 0.15) is 41.6 Å². The van der Waals surface area contributed by atoms with Gasteiger partial charge in [-0.05, 0) is 18.2 Å². The molecule has 4 heterocycles. The number of rotatable bonds is 8. The van der Waals surface area contributed by atoms with E-state index in [9.17, 15) is 9.90 Å². The topological polar surface area (TPSA) is 108 Å². The van der Waals surface area contributed by atoms with Crippen molar-refractivity contribution in [3.8, 4) is 22.9 Å². The van der Waals surface area contributed by atoms with Crippen LogP contribution in [0.5, 0.6) is 11.5 Å². The summed E-state index contributed by atoms with van der Waals surface area (Å²) >= 11 is 0. The van der Waals surface area contributed by atoms with E-state index in [0.29, 0.717) is 30.9 Å². The summed E-state index contributed by atoms with van der Waals surface area (Å²) in [7, 11) is 3.13. The first-order valence-corrected chi connectivity index (χ1v) is 11.3. The Hall–Kier alpha value is -3.89. The fraction of sp³-hybridized carbons (Fsp3) is 0.320. The smallest absolute Gasteiger partial charge is 0.409 e. The van der Waals surface area contributed by atoms with E-state index in [2.05, 4.69) is 4.98 Å². The highest BCUT2D eigenvalue weighted by molar-refractivity contribution is 5.86. The van der Waals surface area contributed by atoms with E-state index >= 15 is 0 Å². The minimum absolute atomic E-state index is 0.228. The van der Waals surface area contributed by atoms with E-state index in [1.807, 2.05) is 53.1 Å². The summed E-state index contributed by atoms with van der Waals surface area (Å²) in [5.74, 6) is 1.31. The second kappa shape index (κ2) is 9.77. The molecule has 1 amide bonds. The van der Waals surface area contributed by atoms with E-state index in [1.165, 1.54) is 12.0 Å². The highest BCUT2D eigenvalue weighted by atomic mass is 16.5. The highest BCUT2D eigenvalue weighted by Gasteiger charge is 2.37. The van der Waals surface area contributed by atoms with E-state index in [-0.39, 0.29) is 12.6 Å². The Morgan fingerprint density at radius 1 is 1.17 bits per heavy atom. The maximum atomic E-state index is 11.5. The Morgan fingerprint density at radius 2 is 2.06 bits per heavy atom. The van der Waals surface area contributed by atoms with Crippen LogP contribution in [-0.4, -0.2) is 76.8 Å². The van der Waals surface area contributed by atoms with Gasteiger partial charge in [-0.1, -0.05) is 18.2 Å². The van der Waals surface area contributed by atoms with Gasteiger partial charge in [0.2, 0.25) is 0 Å². The van der Waals surface area contributed by atoms with Crippen molar-refractivity contribution in [3.05, 3.63) is 54.9 Å². The molecule has 4 aromatic rings. The summed E-state index contributed by atoms with van der Waals surface area (Å²) in [6.07, 6.45) is 2.23. The SMILES string of the molecule is COCCOc1ccn2c(-c3ccc4cccc(OC5CC(OC)N(C(=O)O)C5)c4n3)cnc2c1. The predicted molar refractivity (Wildman–Crippen MR) is 128 cm³/mol. The van der Waals surface area contributed by atoms with Gasteiger partial charge >= 0.3 is 6.09 Å². The quantitative estimate of drug-likeness (QED) is 0.382. The van der Waals surface area contributed by atoms with Crippen molar-refractivity contribution in [2.24, 2.45) is 0 Å². The second-order valence-corrected chi connectivity index (χ2v) is 8.20. The number of imidazole rings is 1. The summed E-state index contributed by atoms with van der Waals surface area (Å²) in [4.78, 5) is 22.2. The lowest BCUT2D eigenvalue weighted by Gasteiger charge is -2.18. The number of amides is 1. The first-order chi connectivity index (χ1) is 17.1.